The first-order valence-electron chi connectivity index (χ1n) is 3.71. The normalized spacial score (nSPS) is 48.1. The van der Waals surface area contributed by atoms with Gasteiger partial charge in [-0.3, -0.25) is 4.79 Å². The zero-order valence-corrected chi connectivity index (χ0v) is 6.67. The van der Waals surface area contributed by atoms with Crippen molar-refractivity contribution in [3.8, 4) is 0 Å². The second-order valence-electron chi connectivity index (χ2n) is 3.20. The second-order valence-corrected chi connectivity index (χ2v) is 3.87. The van der Waals surface area contributed by atoms with Crippen molar-refractivity contribution in [3.05, 3.63) is 0 Å². The highest BCUT2D eigenvalue weighted by atomic mass is 35.5. The summed E-state index contributed by atoms with van der Waals surface area (Å²) >= 11 is 5.88. The van der Waals surface area contributed by atoms with Crippen molar-refractivity contribution in [1.29, 1.82) is 0 Å². The van der Waals surface area contributed by atoms with Gasteiger partial charge in [0.2, 0.25) is 0 Å². The lowest BCUT2D eigenvalue weighted by atomic mass is 9.88. The van der Waals surface area contributed by atoms with Gasteiger partial charge in [-0.2, -0.15) is 0 Å². The Labute approximate surface area is 69.3 Å². The average Bonchev–Trinajstić information content (AvgIpc) is 2.45. The highest BCUT2D eigenvalue weighted by Crippen LogP contribution is 2.45. The van der Waals surface area contributed by atoms with E-state index in [-0.39, 0.29) is 12.2 Å². The molecule has 11 heavy (non-hydrogen) atoms. The minimum Gasteiger partial charge on any atom is -0.480 e. The topological polar surface area (TPSA) is 46.5 Å². The first-order valence-corrected chi connectivity index (χ1v) is 4.08. The Morgan fingerprint density at radius 1 is 1.64 bits per heavy atom. The van der Waals surface area contributed by atoms with Gasteiger partial charge in [0.05, 0.1) is 12.2 Å². The van der Waals surface area contributed by atoms with Gasteiger partial charge < -0.3 is 9.84 Å². The molecule has 2 saturated heterocycles. The van der Waals surface area contributed by atoms with Crippen molar-refractivity contribution in [2.75, 3.05) is 0 Å². The maximum Gasteiger partial charge on any atom is 0.327 e. The lowest BCUT2D eigenvalue weighted by Gasteiger charge is -2.23. The van der Waals surface area contributed by atoms with E-state index in [1.807, 2.05) is 0 Å². The number of alkyl halides is 1. The number of fused-ring (bicyclic) bond motifs is 2. The molecule has 0 radical (unpaired) electrons. The fourth-order valence-corrected chi connectivity index (χ4v) is 2.21. The van der Waals surface area contributed by atoms with Crippen LogP contribution in [0.5, 0.6) is 0 Å². The number of hydrogen-bond donors (Lipinski definition) is 1. The third-order valence-electron chi connectivity index (χ3n) is 2.50. The smallest absolute Gasteiger partial charge is 0.327 e. The number of carbonyl (C=O) groups is 1. The Balaban J connectivity index is 2.23. The Morgan fingerprint density at radius 2 is 2.36 bits per heavy atom. The zero-order chi connectivity index (χ0) is 8.06. The SMILES string of the molecule is O=C(O)[C@]1(Cl)C[C@H]2CC[C@H]1O2. The van der Waals surface area contributed by atoms with Crippen LogP contribution in [0.25, 0.3) is 0 Å². The molecule has 3 atom stereocenters. The van der Waals surface area contributed by atoms with Crippen LogP contribution in [-0.2, 0) is 9.53 Å². The van der Waals surface area contributed by atoms with Crippen LogP contribution in [0.15, 0.2) is 0 Å². The van der Waals surface area contributed by atoms with Crippen molar-refractivity contribution in [1.82, 2.24) is 0 Å². The van der Waals surface area contributed by atoms with Crippen LogP contribution in [0.4, 0.5) is 0 Å². The first-order chi connectivity index (χ1) is 5.13. The van der Waals surface area contributed by atoms with Crippen LogP contribution in [0.2, 0.25) is 0 Å². The summed E-state index contributed by atoms with van der Waals surface area (Å²) in [6, 6.07) is 0. The molecule has 0 amide bonds. The average molecular weight is 177 g/mol. The molecule has 0 unspecified atom stereocenters. The third kappa shape index (κ3) is 0.876. The van der Waals surface area contributed by atoms with Gasteiger partial charge in [-0.15, -0.1) is 11.6 Å². The summed E-state index contributed by atoms with van der Waals surface area (Å²) in [5.41, 5.74) is 0. The molecule has 4 heteroatoms. The van der Waals surface area contributed by atoms with Crippen molar-refractivity contribution in [2.45, 2.75) is 36.3 Å². The molecular formula is C7H9ClO3. The van der Waals surface area contributed by atoms with E-state index in [4.69, 9.17) is 21.4 Å². The Kier molecular flexibility index (Phi) is 1.41. The molecule has 2 rings (SSSR count). The highest BCUT2D eigenvalue weighted by molar-refractivity contribution is 6.34. The van der Waals surface area contributed by atoms with E-state index in [1.165, 1.54) is 0 Å². The lowest BCUT2D eigenvalue weighted by Crippen LogP contribution is -2.41. The maximum atomic E-state index is 10.7. The van der Waals surface area contributed by atoms with Gasteiger partial charge >= 0.3 is 5.97 Å². The number of aliphatic carboxylic acids is 1. The molecule has 0 aliphatic carbocycles. The van der Waals surface area contributed by atoms with Gasteiger partial charge in [0, 0.05) is 6.42 Å². The fourth-order valence-electron chi connectivity index (χ4n) is 1.88. The quantitative estimate of drug-likeness (QED) is 0.607. The summed E-state index contributed by atoms with van der Waals surface area (Å²) in [5, 5.41) is 8.78. The van der Waals surface area contributed by atoms with E-state index in [0.717, 1.165) is 12.8 Å². The predicted octanol–water partition coefficient (Wildman–Crippen LogP) is 1.000. The minimum absolute atomic E-state index is 0.0913. The van der Waals surface area contributed by atoms with Gasteiger partial charge in [0.15, 0.2) is 4.87 Å². The molecule has 0 aromatic heterocycles. The number of ether oxygens (including phenoxy) is 1. The summed E-state index contributed by atoms with van der Waals surface area (Å²) in [5.74, 6) is -0.939. The van der Waals surface area contributed by atoms with Crippen molar-refractivity contribution >= 4 is 17.6 Å². The van der Waals surface area contributed by atoms with Gasteiger partial charge in [0.1, 0.15) is 0 Å². The second kappa shape index (κ2) is 2.11. The van der Waals surface area contributed by atoms with Gasteiger partial charge in [-0.05, 0) is 12.8 Å². The van der Waals surface area contributed by atoms with Crippen LogP contribution >= 0.6 is 11.6 Å². The predicted molar refractivity (Wildman–Crippen MR) is 38.7 cm³/mol. The molecule has 2 aliphatic rings. The van der Waals surface area contributed by atoms with Gasteiger partial charge in [0.25, 0.3) is 0 Å². The lowest BCUT2D eigenvalue weighted by molar-refractivity contribution is -0.141. The minimum atomic E-state index is -1.12. The van der Waals surface area contributed by atoms with E-state index in [1.54, 1.807) is 0 Å². The van der Waals surface area contributed by atoms with Crippen LogP contribution in [0.3, 0.4) is 0 Å². The van der Waals surface area contributed by atoms with Crippen molar-refractivity contribution < 1.29 is 14.6 Å². The van der Waals surface area contributed by atoms with Crippen LogP contribution in [-0.4, -0.2) is 28.2 Å². The van der Waals surface area contributed by atoms with Crippen LogP contribution in [0.1, 0.15) is 19.3 Å². The first kappa shape index (κ1) is 7.37. The largest absolute Gasteiger partial charge is 0.480 e. The molecule has 0 aromatic carbocycles. The molecule has 3 nitrogen and oxygen atoms in total. The maximum absolute atomic E-state index is 10.7. The summed E-state index contributed by atoms with van der Waals surface area (Å²) in [7, 11) is 0. The zero-order valence-electron chi connectivity index (χ0n) is 5.92. The number of carboxylic acid groups (broad SMARTS) is 1. The van der Waals surface area contributed by atoms with Crippen molar-refractivity contribution in [2.24, 2.45) is 0 Å². The number of hydrogen-bond acceptors (Lipinski definition) is 2. The molecule has 2 bridgehead atoms. The fraction of sp³-hybridized carbons (Fsp3) is 0.857. The molecule has 2 aliphatic heterocycles. The van der Waals surface area contributed by atoms with E-state index in [9.17, 15) is 4.79 Å². The van der Waals surface area contributed by atoms with Gasteiger partial charge in [-0.25, -0.2) is 0 Å². The number of halogens is 1. The highest BCUT2D eigenvalue weighted by Gasteiger charge is 2.56. The summed E-state index contributed by atoms with van der Waals surface area (Å²) in [6.07, 6.45) is 2.06. The molecular weight excluding hydrogens is 168 g/mol. The molecule has 0 aromatic rings. The van der Waals surface area contributed by atoms with Crippen molar-refractivity contribution in [3.63, 3.8) is 0 Å². The Hall–Kier alpha value is -0.280. The van der Waals surface area contributed by atoms with E-state index in [2.05, 4.69) is 0 Å². The summed E-state index contributed by atoms with van der Waals surface area (Å²) in [6.45, 7) is 0. The van der Waals surface area contributed by atoms with E-state index >= 15 is 0 Å². The summed E-state index contributed by atoms with van der Waals surface area (Å²) in [4.78, 5) is 9.58. The Bertz CT molecular complexity index is 206. The van der Waals surface area contributed by atoms with E-state index in [0.29, 0.717) is 6.42 Å². The molecule has 0 spiro atoms. The Morgan fingerprint density at radius 3 is 2.64 bits per heavy atom. The molecule has 62 valence electrons. The third-order valence-corrected chi connectivity index (χ3v) is 3.06. The molecule has 0 saturated carbocycles. The number of carboxylic acids is 1. The number of rotatable bonds is 1. The standard InChI is InChI=1S/C7H9ClO3/c8-7(6(9)10)3-4-1-2-5(7)11-4/h4-5H,1-3H2,(H,9,10)/t4-,5-,7+/m1/s1. The molecule has 1 N–H and O–H groups in total. The van der Waals surface area contributed by atoms with E-state index < -0.39 is 10.8 Å². The monoisotopic (exact) mass is 176 g/mol. The van der Waals surface area contributed by atoms with Crippen LogP contribution < -0.4 is 0 Å². The summed E-state index contributed by atoms with van der Waals surface area (Å²) < 4.78 is 5.34. The van der Waals surface area contributed by atoms with Gasteiger partial charge in [-0.1, -0.05) is 0 Å². The molecule has 2 heterocycles. The van der Waals surface area contributed by atoms with Crippen LogP contribution in [0, 0.1) is 0 Å². The molecule has 2 fully saturated rings.